The first-order chi connectivity index (χ1) is 12.1. The molecule has 0 saturated carbocycles. The molecule has 0 unspecified atom stereocenters. The molecule has 5 nitrogen and oxygen atoms in total. The Balaban J connectivity index is 1.67. The van der Waals surface area contributed by atoms with Crippen LogP contribution in [0.2, 0.25) is 0 Å². The van der Waals surface area contributed by atoms with Crippen LogP contribution in [-0.2, 0) is 9.59 Å². The molecule has 2 amide bonds. The van der Waals surface area contributed by atoms with E-state index < -0.39 is 0 Å². The quantitative estimate of drug-likeness (QED) is 0.655. The standard InChI is InChI=1S/C20H30N2O3/c1-3-4-5-6-7-8-13-25-18-11-9-17(10-12-18)21-20(24)16-14-19(23)22(2)15-16/h9-12,16H,3-8,13-15H2,1-2H3,(H,21,24)/t16-/m0/s1. The van der Waals surface area contributed by atoms with Gasteiger partial charge in [0.25, 0.3) is 0 Å². The van der Waals surface area contributed by atoms with E-state index in [1.54, 1.807) is 11.9 Å². The van der Waals surface area contributed by atoms with Crippen molar-refractivity contribution >= 4 is 17.5 Å². The van der Waals surface area contributed by atoms with Crippen molar-refractivity contribution in [2.24, 2.45) is 5.92 Å². The van der Waals surface area contributed by atoms with E-state index in [-0.39, 0.29) is 17.7 Å². The minimum atomic E-state index is -0.263. The summed E-state index contributed by atoms with van der Waals surface area (Å²) in [5.41, 5.74) is 0.735. The van der Waals surface area contributed by atoms with Crippen molar-refractivity contribution in [1.82, 2.24) is 4.90 Å². The van der Waals surface area contributed by atoms with Gasteiger partial charge >= 0.3 is 0 Å². The van der Waals surface area contributed by atoms with Gasteiger partial charge < -0.3 is 15.0 Å². The first kappa shape index (κ1) is 19.3. The molecule has 1 saturated heterocycles. The zero-order valence-electron chi connectivity index (χ0n) is 15.4. The van der Waals surface area contributed by atoms with Crippen LogP contribution in [0.1, 0.15) is 51.9 Å². The van der Waals surface area contributed by atoms with Gasteiger partial charge in [0.05, 0.1) is 12.5 Å². The van der Waals surface area contributed by atoms with Crippen LogP contribution in [0.15, 0.2) is 24.3 Å². The molecule has 1 aliphatic rings. The van der Waals surface area contributed by atoms with E-state index in [0.29, 0.717) is 13.0 Å². The number of hydrogen-bond donors (Lipinski definition) is 1. The molecule has 1 aliphatic heterocycles. The third-order valence-electron chi connectivity index (χ3n) is 4.60. The van der Waals surface area contributed by atoms with Crippen LogP contribution in [0.3, 0.4) is 0 Å². The second-order valence-electron chi connectivity index (χ2n) is 6.81. The van der Waals surface area contributed by atoms with Crippen LogP contribution in [-0.4, -0.2) is 36.9 Å². The van der Waals surface area contributed by atoms with E-state index in [1.165, 1.54) is 32.1 Å². The van der Waals surface area contributed by atoms with Crippen molar-refractivity contribution in [3.05, 3.63) is 24.3 Å². The minimum absolute atomic E-state index is 0.0265. The molecular weight excluding hydrogens is 316 g/mol. The van der Waals surface area contributed by atoms with Gasteiger partial charge in [0.15, 0.2) is 0 Å². The van der Waals surface area contributed by atoms with Gasteiger partial charge in [0, 0.05) is 25.7 Å². The predicted octanol–water partition coefficient (Wildman–Crippen LogP) is 3.84. The lowest BCUT2D eigenvalue weighted by Gasteiger charge is -2.12. The van der Waals surface area contributed by atoms with Crippen LogP contribution < -0.4 is 10.1 Å². The second kappa shape index (κ2) is 10.1. The Labute approximate surface area is 150 Å². The fourth-order valence-electron chi connectivity index (χ4n) is 2.99. The van der Waals surface area contributed by atoms with Crippen molar-refractivity contribution in [1.29, 1.82) is 0 Å². The van der Waals surface area contributed by atoms with E-state index in [9.17, 15) is 9.59 Å². The lowest BCUT2D eigenvalue weighted by atomic mass is 10.1. The maximum Gasteiger partial charge on any atom is 0.229 e. The zero-order chi connectivity index (χ0) is 18.1. The van der Waals surface area contributed by atoms with Gasteiger partial charge in [-0.15, -0.1) is 0 Å². The lowest BCUT2D eigenvalue weighted by Crippen LogP contribution is -2.25. The molecule has 25 heavy (non-hydrogen) atoms. The molecule has 1 atom stereocenters. The number of rotatable bonds is 10. The zero-order valence-corrected chi connectivity index (χ0v) is 15.4. The van der Waals surface area contributed by atoms with E-state index in [0.717, 1.165) is 24.5 Å². The Morgan fingerprint density at radius 3 is 2.48 bits per heavy atom. The highest BCUT2D eigenvalue weighted by molar-refractivity contribution is 5.97. The number of unbranched alkanes of at least 4 members (excludes halogenated alkanes) is 5. The van der Waals surface area contributed by atoms with Crippen LogP contribution >= 0.6 is 0 Å². The van der Waals surface area contributed by atoms with Crippen molar-refractivity contribution in [3.8, 4) is 5.75 Å². The van der Waals surface area contributed by atoms with Crippen LogP contribution in [0.4, 0.5) is 5.69 Å². The maximum absolute atomic E-state index is 12.2. The molecule has 138 valence electrons. The predicted molar refractivity (Wildman–Crippen MR) is 99.7 cm³/mol. The number of amides is 2. The normalized spacial score (nSPS) is 17.0. The molecule has 0 aliphatic carbocycles. The Kier molecular flexibility index (Phi) is 7.76. The number of hydrogen-bond acceptors (Lipinski definition) is 3. The highest BCUT2D eigenvalue weighted by Gasteiger charge is 2.32. The fraction of sp³-hybridized carbons (Fsp3) is 0.600. The average molecular weight is 346 g/mol. The van der Waals surface area contributed by atoms with Gasteiger partial charge in [-0.2, -0.15) is 0 Å². The number of carbonyl (C=O) groups is 2. The summed E-state index contributed by atoms with van der Waals surface area (Å²) < 4.78 is 5.74. The SMILES string of the molecule is CCCCCCCCOc1ccc(NC(=O)[C@H]2CC(=O)N(C)C2)cc1. The number of carbonyl (C=O) groups excluding carboxylic acids is 2. The maximum atomic E-state index is 12.2. The second-order valence-corrected chi connectivity index (χ2v) is 6.81. The largest absolute Gasteiger partial charge is 0.494 e. The number of ether oxygens (including phenoxy) is 1. The lowest BCUT2D eigenvalue weighted by molar-refractivity contribution is -0.127. The van der Waals surface area contributed by atoms with Gasteiger partial charge in [-0.25, -0.2) is 0 Å². The molecule has 0 radical (unpaired) electrons. The number of anilines is 1. The van der Waals surface area contributed by atoms with E-state index >= 15 is 0 Å². The fourth-order valence-corrected chi connectivity index (χ4v) is 2.99. The summed E-state index contributed by atoms with van der Waals surface area (Å²) in [5.74, 6) is 0.487. The average Bonchev–Trinajstić information content (AvgIpc) is 2.95. The Hall–Kier alpha value is -2.04. The van der Waals surface area contributed by atoms with Gasteiger partial charge in [0.1, 0.15) is 5.75 Å². The Bertz CT molecular complexity index is 557. The molecule has 1 aromatic carbocycles. The summed E-state index contributed by atoms with van der Waals surface area (Å²) in [6.45, 7) is 3.44. The molecular formula is C20H30N2O3. The molecule has 2 rings (SSSR count). The highest BCUT2D eigenvalue weighted by atomic mass is 16.5. The molecule has 1 heterocycles. The molecule has 0 spiro atoms. The summed E-state index contributed by atoms with van der Waals surface area (Å²) in [6, 6.07) is 7.43. The summed E-state index contributed by atoms with van der Waals surface area (Å²) in [5, 5.41) is 2.87. The van der Waals surface area contributed by atoms with Gasteiger partial charge in [-0.3, -0.25) is 9.59 Å². The van der Waals surface area contributed by atoms with Crippen molar-refractivity contribution in [2.45, 2.75) is 51.9 Å². The van der Waals surface area contributed by atoms with Crippen LogP contribution in [0, 0.1) is 5.92 Å². The van der Waals surface area contributed by atoms with Crippen molar-refractivity contribution in [2.75, 3.05) is 25.5 Å². The number of nitrogens with zero attached hydrogens (tertiary/aromatic N) is 1. The van der Waals surface area contributed by atoms with E-state index in [4.69, 9.17) is 4.74 Å². The third kappa shape index (κ3) is 6.40. The smallest absolute Gasteiger partial charge is 0.229 e. The Morgan fingerprint density at radius 1 is 1.16 bits per heavy atom. The van der Waals surface area contributed by atoms with Gasteiger partial charge in [-0.1, -0.05) is 39.0 Å². The topological polar surface area (TPSA) is 58.6 Å². The van der Waals surface area contributed by atoms with Crippen molar-refractivity contribution < 1.29 is 14.3 Å². The van der Waals surface area contributed by atoms with E-state index in [2.05, 4.69) is 12.2 Å². The van der Waals surface area contributed by atoms with Crippen molar-refractivity contribution in [3.63, 3.8) is 0 Å². The molecule has 1 fully saturated rings. The van der Waals surface area contributed by atoms with Gasteiger partial charge in [0.2, 0.25) is 11.8 Å². The van der Waals surface area contributed by atoms with Crippen LogP contribution in [0.25, 0.3) is 0 Å². The summed E-state index contributed by atoms with van der Waals surface area (Å²) in [6.07, 6.45) is 7.76. The number of benzene rings is 1. The highest BCUT2D eigenvalue weighted by Crippen LogP contribution is 2.20. The molecule has 0 bridgehead atoms. The van der Waals surface area contributed by atoms with E-state index in [1.807, 2.05) is 24.3 Å². The minimum Gasteiger partial charge on any atom is -0.494 e. The molecule has 5 heteroatoms. The Morgan fingerprint density at radius 2 is 1.84 bits per heavy atom. The monoisotopic (exact) mass is 346 g/mol. The number of nitrogens with one attached hydrogen (secondary N) is 1. The van der Waals surface area contributed by atoms with Gasteiger partial charge in [-0.05, 0) is 30.7 Å². The molecule has 0 aromatic heterocycles. The van der Waals surface area contributed by atoms with Crippen LogP contribution in [0.5, 0.6) is 5.75 Å². The first-order valence-corrected chi connectivity index (χ1v) is 9.38. The first-order valence-electron chi connectivity index (χ1n) is 9.38. The summed E-state index contributed by atoms with van der Waals surface area (Å²) >= 11 is 0. The molecule has 1 aromatic rings. The molecule has 1 N–H and O–H groups in total. The summed E-state index contributed by atoms with van der Waals surface area (Å²) in [4.78, 5) is 25.3. The number of likely N-dealkylation sites (tertiary alicyclic amines) is 1. The summed E-state index contributed by atoms with van der Waals surface area (Å²) in [7, 11) is 1.73. The third-order valence-corrected chi connectivity index (χ3v) is 4.60.